The largest absolute Gasteiger partial charge is 0.413 e. The van der Waals surface area contributed by atoms with E-state index < -0.39 is 12.1 Å². The Bertz CT molecular complexity index is 1010. The van der Waals surface area contributed by atoms with Gasteiger partial charge < -0.3 is 15.4 Å². The molecule has 0 fully saturated rings. The molecule has 1 aromatic heterocycles. The molecule has 6 nitrogen and oxygen atoms in total. The number of benzene rings is 2. The van der Waals surface area contributed by atoms with E-state index in [0.29, 0.717) is 10.8 Å². The number of halogens is 1. The standard InChI is InChI=1S/C21H22ClN3O3S/c1-12(2)18(25-21(27)28-15-7-5-4-6-8-15)19(26)23-13(3)20-24-16-11-14(22)9-10-17(16)29-20/h4-13,18H,1-3H3,(H,23,26)(H,25,27)/t13?,18-/m0/s1. The van der Waals surface area contributed by atoms with E-state index in [4.69, 9.17) is 16.3 Å². The lowest BCUT2D eigenvalue weighted by Crippen LogP contribution is -2.50. The van der Waals surface area contributed by atoms with Gasteiger partial charge in [-0.1, -0.05) is 43.6 Å². The van der Waals surface area contributed by atoms with Crippen molar-refractivity contribution in [3.8, 4) is 5.75 Å². The van der Waals surface area contributed by atoms with Crippen molar-refractivity contribution < 1.29 is 14.3 Å². The first-order valence-corrected chi connectivity index (χ1v) is 10.4. The molecule has 0 saturated heterocycles. The van der Waals surface area contributed by atoms with Gasteiger partial charge in [0.15, 0.2) is 0 Å². The number of fused-ring (bicyclic) bond motifs is 1. The maximum Gasteiger partial charge on any atom is 0.413 e. The van der Waals surface area contributed by atoms with Gasteiger partial charge in [0.2, 0.25) is 5.91 Å². The number of carbonyl (C=O) groups excluding carboxylic acids is 2. The number of hydrogen-bond acceptors (Lipinski definition) is 5. The fourth-order valence-electron chi connectivity index (χ4n) is 2.76. The summed E-state index contributed by atoms with van der Waals surface area (Å²) in [6.07, 6.45) is -0.674. The van der Waals surface area contributed by atoms with Crippen molar-refractivity contribution in [1.82, 2.24) is 15.6 Å². The molecule has 0 aliphatic heterocycles. The Kier molecular flexibility index (Phi) is 6.71. The summed E-state index contributed by atoms with van der Waals surface area (Å²) in [5.41, 5.74) is 0.795. The van der Waals surface area contributed by atoms with E-state index in [-0.39, 0.29) is 17.9 Å². The number of thiazole rings is 1. The summed E-state index contributed by atoms with van der Waals surface area (Å²) in [4.78, 5) is 29.6. The molecule has 0 aliphatic rings. The van der Waals surface area contributed by atoms with E-state index in [0.717, 1.165) is 15.2 Å². The lowest BCUT2D eigenvalue weighted by molar-refractivity contribution is -0.124. The highest BCUT2D eigenvalue weighted by atomic mass is 35.5. The summed E-state index contributed by atoms with van der Waals surface area (Å²) in [5.74, 6) is -0.0103. The molecule has 3 aromatic rings. The van der Waals surface area contributed by atoms with Gasteiger partial charge in [-0.2, -0.15) is 0 Å². The molecule has 8 heteroatoms. The minimum atomic E-state index is -0.738. The lowest BCUT2D eigenvalue weighted by atomic mass is 10.0. The molecule has 2 amide bonds. The molecule has 2 atom stereocenters. The summed E-state index contributed by atoms with van der Waals surface area (Å²) in [6.45, 7) is 5.58. The van der Waals surface area contributed by atoms with Crippen LogP contribution in [-0.2, 0) is 4.79 Å². The monoisotopic (exact) mass is 431 g/mol. The fraction of sp³-hybridized carbons (Fsp3) is 0.286. The molecule has 0 aliphatic carbocycles. The third-order valence-corrected chi connectivity index (χ3v) is 5.73. The Balaban J connectivity index is 1.65. The summed E-state index contributed by atoms with van der Waals surface area (Å²) < 4.78 is 6.23. The van der Waals surface area contributed by atoms with Crippen LogP contribution in [0.15, 0.2) is 48.5 Å². The number of para-hydroxylation sites is 1. The van der Waals surface area contributed by atoms with Crippen LogP contribution in [0.5, 0.6) is 5.75 Å². The quantitative estimate of drug-likeness (QED) is 0.579. The number of nitrogens with zero attached hydrogens (tertiary/aromatic N) is 1. The van der Waals surface area contributed by atoms with Crippen molar-refractivity contribution >= 4 is 45.2 Å². The zero-order chi connectivity index (χ0) is 21.0. The van der Waals surface area contributed by atoms with Crippen molar-refractivity contribution in [3.05, 3.63) is 58.6 Å². The van der Waals surface area contributed by atoms with Crippen LogP contribution in [-0.4, -0.2) is 23.0 Å². The number of amides is 2. The molecule has 1 heterocycles. The number of carbonyl (C=O) groups is 2. The van der Waals surface area contributed by atoms with Crippen LogP contribution >= 0.6 is 22.9 Å². The summed E-state index contributed by atoms with van der Waals surface area (Å²) >= 11 is 7.51. The van der Waals surface area contributed by atoms with Crippen LogP contribution < -0.4 is 15.4 Å². The fourth-order valence-corrected chi connectivity index (χ4v) is 3.87. The molecule has 152 valence electrons. The van der Waals surface area contributed by atoms with Gasteiger partial charge in [-0.25, -0.2) is 9.78 Å². The van der Waals surface area contributed by atoms with Gasteiger partial charge in [-0.15, -0.1) is 11.3 Å². The van der Waals surface area contributed by atoms with Crippen molar-refractivity contribution in [1.29, 1.82) is 0 Å². The predicted molar refractivity (Wildman–Crippen MR) is 115 cm³/mol. The number of ether oxygens (including phenoxy) is 1. The predicted octanol–water partition coefficient (Wildman–Crippen LogP) is 4.94. The average Bonchev–Trinajstić information content (AvgIpc) is 3.10. The van der Waals surface area contributed by atoms with E-state index in [9.17, 15) is 9.59 Å². The van der Waals surface area contributed by atoms with Crippen LogP contribution in [0.1, 0.15) is 31.8 Å². The number of rotatable bonds is 6. The van der Waals surface area contributed by atoms with Gasteiger partial charge in [0.05, 0.1) is 16.3 Å². The van der Waals surface area contributed by atoms with E-state index in [1.54, 1.807) is 30.3 Å². The topological polar surface area (TPSA) is 80.3 Å². The van der Waals surface area contributed by atoms with E-state index >= 15 is 0 Å². The maximum atomic E-state index is 12.8. The van der Waals surface area contributed by atoms with Crippen LogP contribution in [0, 0.1) is 5.92 Å². The molecule has 2 aromatic carbocycles. The van der Waals surface area contributed by atoms with Crippen molar-refractivity contribution in [2.45, 2.75) is 32.9 Å². The Morgan fingerprint density at radius 2 is 1.79 bits per heavy atom. The maximum absolute atomic E-state index is 12.8. The second kappa shape index (κ2) is 9.24. The minimum absolute atomic E-state index is 0.125. The third-order valence-electron chi connectivity index (χ3n) is 4.27. The first-order valence-electron chi connectivity index (χ1n) is 9.23. The highest BCUT2D eigenvalue weighted by Gasteiger charge is 2.27. The van der Waals surface area contributed by atoms with E-state index in [2.05, 4.69) is 15.6 Å². The van der Waals surface area contributed by atoms with Gasteiger partial charge in [-0.05, 0) is 43.2 Å². The van der Waals surface area contributed by atoms with Gasteiger partial charge in [0.1, 0.15) is 16.8 Å². The minimum Gasteiger partial charge on any atom is -0.410 e. The zero-order valence-corrected chi connectivity index (χ0v) is 17.9. The Morgan fingerprint density at radius 3 is 2.48 bits per heavy atom. The van der Waals surface area contributed by atoms with Gasteiger partial charge >= 0.3 is 6.09 Å². The number of nitrogens with one attached hydrogen (secondary N) is 2. The zero-order valence-electron chi connectivity index (χ0n) is 16.3. The second-order valence-electron chi connectivity index (χ2n) is 6.96. The second-order valence-corrected chi connectivity index (χ2v) is 8.46. The molecule has 1 unspecified atom stereocenters. The van der Waals surface area contributed by atoms with Gasteiger partial charge in [-0.3, -0.25) is 4.79 Å². The average molecular weight is 432 g/mol. The molecule has 0 spiro atoms. The van der Waals surface area contributed by atoms with Crippen molar-refractivity contribution in [2.75, 3.05) is 0 Å². The Morgan fingerprint density at radius 1 is 1.07 bits per heavy atom. The highest BCUT2D eigenvalue weighted by molar-refractivity contribution is 7.18. The third kappa shape index (κ3) is 5.46. The van der Waals surface area contributed by atoms with Crippen molar-refractivity contribution in [2.24, 2.45) is 5.92 Å². The van der Waals surface area contributed by atoms with Crippen molar-refractivity contribution in [3.63, 3.8) is 0 Å². The normalized spacial score (nSPS) is 13.1. The van der Waals surface area contributed by atoms with E-state index in [1.807, 2.05) is 39.0 Å². The van der Waals surface area contributed by atoms with Crippen LogP contribution in [0.25, 0.3) is 10.2 Å². The summed E-state index contributed by atoms with van der Waals surface area (Å²) in [6, 6.07) is 13.2. The highest BCUT2D eigenvalue weighted by Crippen LogP contribution is 2.28. The van der Waals surface area contributed by atoms with E-state index in [1.165, 1.54) is 11.3 Å². The molecule has 0 bridgehead atoms. The molecule has 2 N–H and O–H groups in total. The lowest BCUT2D eigenvalue weighted by Gasteiger charge is -2.23. The number of aromatic nitrogens is 1. The van der Waals surface area contributed by atoms with Gasteiger partial charge in [0.25, 0.3) is 0 Å². The van der Waals surface area contributed by atoms with Crippen LogP contribution in [0.3, 0.4) is 0 Å². The Labute approximate surface area is 178 Å². The molecule has 3 rings (SSSR count). The first kappa shape index (κ1) is 21.1. The molecule has 0 saturated carbocycles. The summed E-state index contributed by atoms with van der Waals surface area (Å²) in [5, 5.41) is 6.96. The van der Waals surface area contributed by atoms with Gasteiger partial charge in [0, 0.05) is 5.02 Å². The number of hydrogen-bond donors (Lipinski definition) is 2. The first-order chi connectivity index (χ1) is 13.8. The SMILES string of the molecule is CC(NC(=O)[C@@H](NC(=O)Oc1ccccc1)C(C)C)c1nc2cc(Cl)ccc2s1. The molecular formula is C21H22ClN3O3S. The smallest absolute Gasteiger partial charge is 0.410 e. The molecular weight excluding hydrogens is 410 g/mol. The molecule has 0 radical (unpaired) electrons. The summed E-state index contributed by atoms with van der Waals surface area (Å²) in [7, 11) is 0. The molecule has 29 heavy (non-hydrogen) atoms. The van der Waals surface area contributed by atoms with Crippen LogP contribution in [0.2, 0.25) is 5.02 Å². The van der Waals surface area contributed by atoms with Crippen LogP contribution in [0.4, 0.5) is 4.79 Å². The Hall–Kier alpha value is -2.64.